The zero-order valence-electron chi connectivity index (χ0n) is 7.40. The summed E-state index contributed by atoms with van der Waals surface area (Å²) in [6, 6.07) is -0.0476. The average molecular weight is 180 g/mol. The summed E-state index contributed by atoms with van der Waals surface area (Å²) in [5.41, 5.74) is 5.92. The van der Waals surface area contributed by atoms with Crippen LogP contribution in [0.3, 0.4) is 0 Å². The Morgan fingerprint density at radius 3 is 2.77 bits per heavy atom. The van der Waals surface area contributed by atoms with Crippen LogP contribution in [0.5, 0.6) is 0 Å². The van der Waals surface area contributed by atoms with Crippen molar-refractivity contribution in [2.45, 2.75) is 13.0 Å². The van der Waals surface area contributed by atoms with Crippen molar-refractivity contribution in [3.63, 3.8) is 0 Å². The van der Waals surface area contributed by atoms with Crippen LogP contribution in [0.25, 0.3) is 0 Å². The van der Waals surface area contributed by atoms with Gasteiger partial charge in [0.05, 0.1) is 5.56 Å². The summed E-state index contributed by atoms with van der Waals surface area (Å²) in [5, 5.41) is 2.65. The van der Waals surface area contributed by atoms with Gasteiger partial charge in [-0.3, -0.25) is 4.79 Å². The van der Waals surface area contributed by atoms with Gasteiger partial charge in [0.1, 0.15) is 6.33 Å². The van der Waals surface area contributed by atoms with Crippen molar-refractivity contribution >= 4 is 5.91 Å². The third-order valence-corrected chi connectivity index (χ3v) is 1.41. The lowest BCUT2D eigenvalue weighted by Crippen LogP contribution is -2.35. The molecule has 0 saturated heterocycles. The van der Waals surface area contributed by atoms with Crippen LogP contribution < -0.4 is 11.1 Å². The van der Waals surface area contributed by atoms with Gasteiger partial charge < -0.3 is 11.1 Å². The standard InChI is InChI=1S/C8H12N4O/c1-6(9)2-12-8(13)7-3-10-5-11-4-7/h3-6H,2,9H2,1H3,(H,12,13). The van der Waals surface area contributed by atoms with Gasteiger partial charge in [-0.05, 0) is 6.92 Å². The highest BCUT2D eigenvalue weighted by Gasteiger charge is 2.05. The van der Waals surface area contributed by atoms with Crippen LogP contribution in [0.4, 0.5) is 0 Å². The maximum absolute atomic E-state index is 11.3. The summed E-state index contributed by atoms with van der Waals surface area (Å²) >= 11 is 0. The number of hydrogen-bond donors (Lipinski definition) is 2. The molecule has 1 amide bonds. The van der Waals surface area contributed by atoms with Gasteiger partial charge in [0.15, 0.2) is 0 Å². The molecular weight excluding hydrogens is 168 g/mol. The van der Waals surface area contributed by atoms with Crippen LogP contribution in [0, 0.1) is 0 Å². The lowest BCUT2D eigenvalue weighted by Gasteiger charge is -2.06. The monoisotopic (exact) mass is 180 g/mol. The molecule has 0 saturated carbocycles. The molecule has 0 aliphatic carbocycles. The van der Waals surface area contributed by atoms with Gasteiger partial charge in [0.2, 0.25) is 0 Å². The summed E-state index contributed by atoms with van der Waals surface area (Å²) in [6.45, 7) is 2.27. The van der Waals surface area contributed by atoms with Gasteiger partial charge >= 0.3 is 0 Å². The molecule has 0 bridgehead atoms. The number of nitrogens with zero attached hydrogens (tertiary/aromatic N) is 2. The van der Waals surface area contributed by atoms with Crippen LogP contribution in [0.2, 0.25) is 0 Å². The van der Waals surface area contributed by atoms with Gasteiger partial charge in [-0.2, -0.15) is 0 Å². The van der Waals surface area contributed by atoms with Crippen LogP contribution in [0.15, 0.2) is 18.7 Å². The van der Waals surface area contributed by atoms with E-state index in [-0.39, 0.29) is 11.9 Å². The quantitative estimate of drug-likeness (QED) is 0.660. The van der Waals surface area contributed by atoms with E-state index in [1.54, 1.807) is 0 Å². The fourth-order valence-electron chi connectivity index (χ4n) is 0.772. The van der Waals surface area contributed by atoms with Crippen molar-refractivity contribution in [3.8, 4) is 0 Å². The van der Waals surface area contributed by atoms with Crippen molar-refractivity contribution in [2.24, 2.45) is 5.73 Å². The normalized spacial score (nSPS) is 12.2. The summed E-state index contributed by atoms with van der Waals surface area (Å²) in [5.74, 6) is -0.196. The van der Waals surface area contributed by atoms with E-state index in [4.69, 9.17) is 5.73 Å². The SMILES string of the molecule is CC(N)CNC(=O)c1cncnc1. The van der Waals surface area contributed by atoms with Crippen molar-refractivity contribution in [1.29, 1.82) is 0 Å². The summed E-state index contributed by atoms with van der Waals surface area (Å²) in [4.78, 5) is 18.8. The highest BCUT2D eigenvalue weighted by Crippen LogP contribution is 1.91. The molecule has 0 fully saturated rings. The maximum Gasteiger partial charge on any atom is 0.254 e. The molecule has 3 N–H and O–H groups in total. The lowest BCUT2D eigenvalue weighted by molar-refractivity contribution is 0.0951. The van der Waals surface area contributed by atoms with E-state index in [2.05, 4.69) is 15.3 Å². The van der Waals surface area contributed by atoms with Crippen LogP contribution in [-0.2, 0) is 0 Å². The number of nitrogens with one attached hydrogen (secondary N) is 1. The van der Waals surface area contributed by atoms with E-state index in [9.17, 15) is 4.79 Å². The van der Waals surface area contributed by atoms with E-state index in [0.717, 1.165) is 0 Å². The first kappa shape index (κ1) is 9.60. The molecule has 1 unspecified atom stereocenters. The zero-order chi connectivity index (χ0) is 9.68. The predicted octanol–water partition coefficient (Wildman–Crippen LogP) is -0.446. The van der Waals surface area contributed by atoms with Crippen molar-refractivity contribution in [2.75, 3.05) is 6.54 Å². The van der Waals surface area contributed by atoms with Gasteiger partial charge in [0, 0.05) is 25.0 Å². The first-order chi connectivity index (χ1) is 6.20. The molecule has 0 aliphatic heterocycles. The number of aromatic nitrogens is 2. The number of rotatable bonds is 3. The number of hydrogen-bond acceptors (Lipinski definition) is 4. The lowest BCUT2D eigenvalue weighted by atomic mass is 10.3. The minimum absolute atomic E-state index is 0.0476. The number of carbonyl (C=O) groups is 1. The zero-order valence-corrected chi connectivity index (χ0v) is 7.40. The van der Waals surface area contributed by atoms with E-state index in [1.807, 2.05) is 6.92 Å². The van der Waals surface area contributed by atoms with Crippen LogP contribution >= 0.6 is 0 Å². The topological polar surface area (TPSA) is 80.9 Å². The summed E-state index contributed by atoms with van der Waals surface area (Å²) < 4.78 is 0. The third kappa shape index (κ3) is 3.16. The van der Waals surface area contributed by atoms with E-state index in [0.29, 0.717) is 12.1 Å². The third-order valence-electron chi connectivity index (χ3n) is 1.41. The smallest absolute Gasteiger partial charge is 0.254 e. The molecule has 13 heavy (non-hydrogen) atoms. The molecule has 0 spiro atoms. The first-order valence-electron chi connectivity index (χ1n) is 3.99. The summed E-state index contributed by atoms with van der Waals surface area (Å²) in [6.07, 6.45) is 4.30. The molecule has 1 aromatic rings. The van der Waals surface area contributed by atoms with Crippen LogP contribution in [0.1, 0.15) is 17.3 Å². The van der Waals surface area contributed by atoms with Crippen molar-refractivity contribution in [3.05, 3.63) is 24.3 Å². The fraction of sp³-hybridized carbons (Fsp3) is 0.375. The molecule has 0 aliphatic rings. The molecule has 0 radical (unpaired) electrons. The minimum Gasteiger partial charge on any atom is -0.350 e. The molecule has 5 heteroatoms. The molecule has 1 heterocycles. The molecule has 1 aromatic heterocycles. The van der Waals surface area contributed by atoms with Crippen LogP contribution in [-0.4, -0.2) is 28.5 Å². The Hall–Kier alpha value is -1.49. The highest BCUT2D eigenvalue weighted by molar-refractivity contribution is 5.93. The summed E-state index contributed by atoms with van der Waals surface area (Å²) in [7, 11) is 0. The Morgan fingerprint density at radius 1 is 1.62 bits per heavy atom. The largest absolute Gasteiger partial charge is 0.350 e. The Balaban J connectivity index is 2.50. The molecule has 1 atom stereocenters. The molecule has 0 aromatic carbocycles. The van der Waals surface area contributed by atoms with Crippen molar-refractivity contribution in [1.82, 2.24) is 15.3 Å². The van der Waals surface area contributed by atoms with Crippen molar-refractivity contribution < 1.29 is 4.79 Å². The predicted molar refractivity (Wildman–Crippen MR) is 48.0 cm³/mol. The molecular formula is C8H12N4O. The van der Waals surface area contributed by atoms with Gasteiger partial charge in [-0.15, -0.1) is 0 Å². The fourth-order valence-corrected chi connectivity index (χ4v) is 0.772. The number of amides is 1. The second kappa shape index (κ2) is 4.51. The Labute approximate surface area is 76.4 Å². The van der Waals surface area contributed by atoms with Gasteiger partial charge in [-0.25, -0.2) is 9.97 Å². The minimum atomic E-state index is -0.196. The van der Waals surface area contributed by atoms with E-state index in [1.165, 1.54) is 18.7 Å². The average Bonchev–Trinajstić information content (AvgIpc) is 2.15. The molecule has 70 valence electrons. The maximum atomic E-state index is 11.3. The Bertz CT molecular complexity index is 273. The molecule has 5 nitrogen and oxygen atoms in total. The first-order valence-corrected chi connectivity index (χ1v) is 3.99. The number of carbonyl (C=O) groups excluding carboxylic acids is 1. The highest BCUT2D eigenvalue weighted by atomic mass is 16.1. The Kier molecular flexibility index (Phi) is 3.33. The van der Waals surface area contributed by atoms with Gasteiger partial charge in [0.25, 0.3) is 5.91 Å². The van der Waals surface area contributed by atoms with E-state index < -0.39 is 0 Å². The number of nitrogens with two attached hydrogens (primary N) is 1. The second-order valence-corrected chi connectivity index (χ2v) is 2.81. The second-order valence-electron chi connectivity index (χ2n) is 2.81. The molecule has 1 rings (SSSR count). The van der Waals surface area contributed by atoms with Gasteiger partial charge in [-0.1, -0.05) is 0 Å². The Morgan fingerprint density at radius 2 is 2.23 bits per heavy atom. The van der Waals surface area contributed by atoms with E-state index >= 15 is 0 Å².